The van der Waals surface area contributed by atoms with Crippen LogP contribution in [0.15, 0.2) is 18.2 Å². The van der Waals surface area contributed by atoms with Crippen molar-refractivity contribution in [2.45, 2.75) is 19.4 Å². The van der Waals surface area contributed by atoms with Gasteiger partial charge in [-0.05, 0) is 40.1 Å². The number of hydrogen-bond donors (Lipinski definition) is 2. The summed E-state index contributed by atoms with van der Waals surface area (Å²) >= 11 is 0. The molecule has 94 valence electrons. The summed E-state index contributed by atoms with van der Waals surface area (Å²) in [5.41, 5.74) is 0.0265. The number of nitrogens with one attached hydrogen (secondary N) is 1. The second-order valence-electron chi connectivity index (χ2n) is 4.77. The van der Waals surface area contributed by atoms with Crippen molar-refractivity contribution in [1.82, 2.24) is 9.88 Å². The van der Waals surface area contributed by atoms with Crippen molar-refractivity contribution in [2.24, 2.45) is 0 Å². The van der Waals surface area contributed by atoms with Crippen LogP contribution >= 0.6 is 0 Å². The van der Waals surface area contributed by atoms with Crippen LogP contribution in [0.25, 0.3) is 0 Å². The minimum atomic E-state index is -1.01. The number of carboxylic acid groups (broad SMARTS) is 1. The van der Waals surface area contributed by atoms with Crippen LogP contribution < -0.4 is 5.32 Å². The number of aromatic carboxylic acids is 1. The Balaban J connectivity index is 2.70. The largest absolute Gasteiger partial charge is 0.477 e. The van der Waals surface area contributed by atoms with E-state index in [1.54, 1.807) is 12.1 Å². The number of nitrogens with zero attached hydrogens (tertiary/aromatic N) is 2. The highest BCUT2D eigenvalue weighted by atomic mass is 16.4. The molecule has 5 nitrogen and oxygen atoms in total. The first-order valence-corrected chi connectivity index (χ1v) is 5.44. The lowest BCUT2D eigenvalue weighted by atomic mass is 10.0. The summed E-state index contributed by atoms with van der Waals surface area (Å²) in [6.07, 6.45) is 0. The zero-order valence-electron chi connectivity index (χ0n) is 10.7. The second kappa shape index (κ2) is 5.14. The van der Waals surface area contributed by atoms with Crippen LogP contribution in [0.1, 0.15) is 24.3 Å². The molecule has 2 N–H and O–H groups in total. The Bertz CT molecular complexity index is 402. The fourth-order valence-corrected chi connectivity index (χ4v) is 1.12. The molecule has 0 atom stereocenters. The standard InChI is InChI=1S/C12H19N3O2/c1-12(2,15(3)4)8-13-10-7-5-6-9(14-10)11(16)17/h5-7H,8H2,1-4H3,(H,13,14)(H,16,17). The van der Waals surface area contributed by atoms with Gasteiger partial charge in [0.2, 0.25) is 0 Å². The third-order valence-corrected chi connectivity index (χ3v) is 2.88. The monoisotopic (exact) mass is 237 g/mol. The van der Waals surface area contributed by atoms with Crippen molar-refractivity contribution in [1.29, 1.82) is 0 Å². The van der Waals surface area contributed by atoms with Gasteiger partial charge < -0.3 is 15.3 Å². The maximum atomic E-state index is 10.8. The summed E-state index contributed by atoms with van der Waals surface area (Å²) in [5.74, 6) is -0.430. The Morgan fingerprint density at radius 3 is 2.65 bits per heavy atom. The van der Waals surface area contributed by atoms with Crippen molar-refractivity contribution >= 4 is 11.8 Å². The van der Waals surface area contributed by atoms with Crippen LogP contribution in [0.5, 0.6) is 0 Å². The van der Waals surface area contributed by atoms with Gasteiger partial charge in [-0.3, -0.25) is 0 Å². The van der Waals surface area contributed by atoms with Crippen molar-refractivity contribution in [3.63, 3.8) is 0 Å². The molecule has 0 aliphatic carbocycles. The average molecular weight is 237 g/mol. The van der Waals surface area contributed by atoms with Crippen molar-refractivity contribution in [2.75, 3.05) is 26.0 Å². The molecule has 0 aromatic carbocycles. The number of hydrogen-bond acceptors (Lipinski definition) is 4. The average Bonchev–Trinajstić information content (AvgIpc) is 2.26. The third-order valence-electron chi connectivity index (χ3n) is 2.88. The number of likely N-dealkylation sites (N-methyl/N-ethyl adjacent to an activating group) is 1. The highest BCUT2D eigenvalue weighted by molar-refractivity contribution is 5.85. The summed E-state index contributed by atoms with van der Waals surface area (Å²) < 4.78 is 0. The van der Waals surface area contributed by atoms with E-state index in [4.69, 9.17) is 5.11 Å². The fourth-order valence-electron chi connectivity index (χ4n) is 1.12. The first-order valence-electron chi connectivity index (χ1n) is 5.44. The van der Waals surface area contributed by atoms with E-state index >= 15 is 0 Å². The summed E-state index contributed by atoms with van der Waals surface area (Å²) in [4.78, 5) is 16.9. The summed E-state index contributed by atoms with van der Waals surface area (Å²) in [5, 5.41) is 12.0. The highest BCUT2D eigenvalue weighted by Crippen LogP contribution is 2.12. The molecule has 0 saturated carbocycles. The van der Waals surface area contributed by atoms with Crippen LogP contribution in [0, 0.1) is 0 Å². The smallest absolute Gasteiger partial charge is 0.354 e. The van der Waals surface area contributed by atoms with Gasteiger partial charge >= 0.3 is 5.97 Å². The Morgan fingerprint density at radius 1 is 1.47 bits per heavy atom. The van der Waals surface area contributed by atoms with Gasteiger partial charge in [-0.25, -0.2) is 9.78 Å². The van der Waals surface area contributed by atoms with Crippen LogP contribution in [-0.2, 0) is 0 Å². The van der Waals surface area contributed by atoms with Crippen LogP contribution in [-0.4, -0.2) is 47.1 Å². The molecule has 1 rings (SSSR count). The predicted molar refractivity (Wildman–Crippen MR) is 67.5 cm³/mol. The van der Waals surface area contributed by atoms with E-state index in [0.29, 0.717) is 12.4 Å². The molecular formula is C12H19N3O2. The summed E-state index contributed by atoms with van der Waals surface area (Å²) in [6.45, 7) is 4.89. The van der Waals surface area contributed by atoms with Gasteiger partial charge in [0.05, 0.1) is 0 Å². The first-order chi connectivity index (χ1) is 7.83. The van der Waals surface area contributed by atoms with Crippen LogP contribution in [0.2, 0.25) is 0 Å². The molecule has 0 bridgehead atoms. The zero-order chi connectivity index (χ0) is 13.1. The van der Waals surface area contributed by atoms with Crippen LogP contribution in [0.3, 0.4) is 0 Å². The van der Waals surface area contributed by atoms with Crippen molar-refractivity contribution in [3.05, 3.63) is 23.9 Å². The molecule has 1 aromatic heterocycles. The predicted octanol–water partition coefficient (Wildman–Crippen LogP) is 1.53. The first kappa shape index (κ1) is 13.4. The van der Waals surface area contributed by atoms with Crippen molar-refractivity contribution < 1.29 is 9.90 Å². The Hall–Kier alpha value is -1.62. The minimum absolute atomic E-state index is 0.0269. The minimum Gasteiger partial charge on any atom is -0.477 e. The van der Waals surface area contributed by atoms with Crippen molar-refractivity contribution in [3.8, 4) is 0 Å². The second-order valence-corrected chi connectivity index (χ2v) is 4.77. The van der Waals surface area contributed by atoms with E-state index in [9.17, 15) is 4.79 Å². The molecule has 0 fully saturated rings. The van der Waals surface area contributed by atoms with Gasteiger partial charge in [-0.2, -0.15) is 0 Å². The highest BCUT2D eigenvalue weighted by Gasteiger charge is 2.20. The zero-order valence-corrected chi connectivity index (χ0v) is 10.7. The molecule has 0 aliphatic rings. The fraction of sp³-hybridized carbons (Fsp3) is 0.500. The number of carbonyl (C=O) groups is 1. The lowest BCUT2D eigenvalue weighted by Gasteiger charge is -2.32. The molecule has 0 radical (unpaired) electrons. The van der Waals surface area contributed by atoms with E-state index in [2.05, 4.69) is 29.0 Å². The molecule has 0 spiro atoms. The normalized spacial score (nSPS) is 11.6. The topological polar surface area (TPSA) is 65.5 Å². The molecule has 1 aromatic rings. The number of pyridine rings is 1. The van der Waals surface area contributed by atoms with Gasteiger partial charge in [0, 0.05) is 12.1 Å². The molecule has 5 heteroatoms. The van der Waals surface area contributed by atoms with E-state index in [1.165, 1.54) is 6.07 Å². The van der Waals surface area contributed by atoms with Gasteiger partial charge in [-0.15, -0.1) is 0 Å². The quantitative estimate of drug-likeness (QED) is 0.813. The Morgan fingerprint density at radius 2 is 2.12 bits per heavy atom. The molecule has 0 unspecified atom stereocenters. The lowest BCUT2D eigenvalue weighted by molar-refractivity contribution is 0.0690. The maximum Gasteiger partial charge on any atom is 0.354 e. The van der Waals surface area contributed by atoms with E-state index in [-0.39, 0.29) is 11.2 Å². The molecule has 0 saturated heterocycles. The van der Waals surface area contributed by atoms with Gasteiger partial charge in [0.25, 0.3) is 0 Å². The molecular weight excluding hydrogens is 218 g/mol. The van der Waals surface area contributed by atoms with E-state index in [1.807, 2.05) is 14.1 Å². The molecule has 0 amide bonds. The third kappa shape index (κ3) is 3.71. The van der Waals surface area contributed by atoms with E-state index < -0.39 is 5.97 Å². The Labute approximate surface area is 101 Å². The number of carboxylic acids is 1. The SMILES string of the molecule is CN(C)C(C)(C)CNc1cccc(C(=O)O)n1. The number of anilines is 1. The number of rotatable bonds is 5. The Kier molecular flexibility index (Phi) is 4.07. The molecule has 0 aliphatic heterocycles. The molecule has 17 heavy (non-hydrogen) atoms. The molecule has 1 heterocycles. The summed E-state index contributed by atoms with van der Waals surface area (Å²) in [6, 6.07) is 4.92. The summed E-state index contributed by atoms with van der Waals surface area (Å²) in [7, 11) is 4.01. The van der Waals surface area contributed by atoms with Gasteiger partial charge in [-0.1, -0.05) is 6.07 Å². The van der Waals surface area contributed by atoms with Crippen LogP contribution in [0.4, 0.5) is 5.82 Å². The van der Waals surface area contributed by atoms with Gasteiger partial charge in [0.1, 0.15) is 5.82 Å². The van der Waals surface area contributed by atoms with E-state index in [0.717, 1.165) is 0 Å². The van der Waals surface area contributed by atoms with Gasteiger partial charge in [0.15, 0.2) is 5.69 Å². The lowest BCUT2D eigenvalue weighted by Crippen LogP contribution is -2.44. The maximum absolute atomic E-state index is 10.8. The number of aromatic nitrogens is 1.